The number of methoxy groups -OCH3 is 2. The summed E-state index contributed by atoms with van der Waals surface area (Å²) >= 11 is 0. The van der Waals surface area contributed by atoms with E-state index >= 15 is 0 Å². The minimum Gasteiger partial charge on any atom is -1.00 e. The van der Waals surface area contributed by atoms with Crippen molar-refractivity contribution < 1.29 is 42.0 Å². The van der Waals surface area contributed by atoms with E-state index in [2.05, 4.69) is 16.2 Å². The second-order valence-corrected chi connectivity index (χ2v) is 8.66. The van der Waals surface area contributed by atoms with E-state index in [1.807, 2.05) is 38.1 Å². The van der Waals surface area contributed by atoms with Crippen molar-refractivity contribution in [3.63, 3.8) is 0 Å². The second-order valence-electron chi connectivity index (χ2n) is 8.66. The van der Waals surface area contributed by atoms with Gasteiger partial charge in [0, 0.05) is 17.5 Å². The molecule has 5 N–H and O–H groups in total. The highest BCUT2D eigenvalue weighted by molar-refractivity contribution is 5.96. The molecular weight excluding hydrogens is 494 g/mol. The van der Waals surface area contributed by atoms with Gasteiger partial charge in [0.2, 0.25) is 0 Å². The van der Waals surface area contributed by atoms with Crippen LogP contribution in [0.5, 0.6) is 17.2 Å². The van der Waals surface area contributed by atoms with Crippen molar-refractivity contribution in [1.29, 1.82) is 0 Å². The van der Waals surface area contributed by atoms with Crippen LogP contribution in [0.1, 0.15) is 16.7 Å². The molecule has 37 heavy (non-hydrogen) atoms. The predicted octanol–water partition coefficient (Wildman–Crippen LogP) is 1.14. The molecule has 1 amide bonds. The maximum absolute atomic E-state index is 13.0. The third kappa shape index (κ3) is 6.04. The van der Waals surface area contributed by atoms with Crippen LogP contribution in [0.15, 0.2) is 65.3 Å². The van der Waals surface area contributed by atoms with Gasteiger partial charge in [-0.2, -0.15) is 0 Å². The van der Waals surface area contributed by atoms with Gasteiger partial charge >= 0.3 is 0 Å². The van der Waals surface area contributed by atoms with Crippen molar-refractivity contribution >= 4 is 11.6 Å². The number of nitrogens with one attached hydrogen (secondary N) is 1. The maximum atomic E-state index is 13.0. The standard InChI is InChI=1S/C28H29N3O5.ClH/c1-16-11-20(14-26(35-4)17(16)2)27-22(15-30-36-27)19-7-10-25(34-3)24(13-19)31-28(33)23(29)12-18-5-8-21(32)9-6-18;/h5-11,13-15,23,32H,12,29H2,1-4H3,(H,31,33);1H. The fraction of sp³-hybridized carbons (Fsp3) is 0.214. The lowest BCUT2D eigenvalue weighted by molar-refractivity contribution is -0.402. The average Bonchev–Trinajstić information content (AvgIpc) is 3.37. The zero-order chi connectivity index (χ0) is 25.8. The molecule has 8 nitrogen and oxygen atoms in total. The van der Waals surface area contributed by atoms with Gasteiger partial charge in [-0.15, -0.1) is 0 Å². The van der Waals surface area contributed by atoms with Gasteiger partial charge in [0.15, 0.2) is 11.8 Å². The molecule has 0 aliphatic rings. The monoisotopic (exact) mass is 523 g/mol. The highest BCUT2D eigenvalue weighted by Crippen LogP contribution is 2.38. The van der Waals surface area contributed by atoms with E-state index in [-0.39, 0.29) is 24.1 Å². The highest BCUT2D eigenvalue weighted by atomic mass is 35.5. The van der Waals surface area contributed by atoms with Crippen molar-refractivity contribution in [3.8, 4) is 39.7 Å². The van der Waals surface area contributed by atoms with Crippen molar-refractivity contribution in [3.05, 3.63) is 77.5 Å². The summed E-state index contributed by atoms with van der Waals surface area (Å²) in [5.74, 6) is 1.82. The van der Waals surface area contributed by atoms with Gasteiger partial charge in [-0.05, 0) is 72.5 Å². The molecule has 1 heterocycles. The molecule has 0 aliphatic carbocycles. The summed E-state index contributed by atoms with van der Waals surface area (Å²) in [5, 5.41) is 16.5. The van der Waals surface area contributed by atoms with Gasteiger partial charge in [-0.3, -0.25) is 4.79 Å². The lowest BCUT2D eigenvalue weighted by Gasteiger charge is -2.14. The molecule has 4 rings (SSSR count). The Balaban J connectivity index is 0.00000380. The number of benzene rings is 3. The van der Waals surface area contributed by atoms with Gasteiger partial charge < -0.3 is 42.6 Å². The number of phenols is 1. The van der Waals surface area contributed by atoms with Crippen LogP contribution in [-0.2, 0) is 11.2 Å². The lowest BCUT2D eigenvalue weighted by Crippen LogP contribution is -3.00. The molecular formula is C28H30ClN3O5. The van der Waals surface area contributed by atoms with Crippen LogP contribution in [0, 0.1) is 13.8 Å². The van der Waals surface area contributed by atoms with Crippen LogP contribution < -0.4 is 32.9 Å². The van der Waals surface area contributed by atoms with E-state index in [1.54, 1.807) is 50.7 Å². The molecule has 1 aromatic heterocycles. The zero-order valence-electron chi connectivity index (χ0n) is 21.2. The SMILES string of the molecule is COc1ccc(-c2cnoc2-c2cc(C)c(C)c(OC)c2)cc1NC(=O)C([NH3+])Cc1ccc(O)cc1.[Cl-]. The minimum atomic E-state index is -0.544. The molecule has 0 bridgehead atoms. The maximum Gasteiger partial charge on any atom is 0.282 e. The van der Waals surface area contributed by atoms with Gasteiger partial charge in [-0.25, -0.2) is 0 Å². The molecule has 0 aliphatic heterocycles. The number of quaternary nitrogens is 1. The van der Waals surface area contributed by atoms with Gasteiger partial charge in [-0.1, -0.05) is 23.4 Å². The molecule has 0 radical (unpaired) electrons. The van der Waals surface area contributed by atoms with E-state index in [9.17, 15) is 9.90 Å². The smallest absolute Gasteiger partial charge is 0.282 e. The summed E-state index contributed by atoms with van der Waals surface area (Å²) < 4.78 is 16.7. The minimum absolute atomic E-state index is 0. The summed E-state index contributed by atoms with van der Waals surface area (Å²) in [5.41, 5.74) is 9.99. The largest absolute Gasteiger partial charge is 1.00 e. The molecule has 0 saturated heterocycles. The Kier molecular flexibility index (Phi) is 8.81. The van der Waals surface area contributed by atoms with Crippen molar-refractivity contribution in [2.24, 2.45) is 0 Å². The number of aromatic nitrogens is 1. The van der Waals surface area contributed by atoms with Crippen LogP contribution >= 0.6 is 0 Å². The van der Waals surface area contributed by atoms with Crippen molar-refractivity contribution in [1.82, 2.24) is 5.16 Å². The number of hydrogen-bond acceptors (Lipinski definition) is 6. The number of ether oxygens (including phenoxy) is 2. The molecule has 9 heteroatoms. The summed E-state index contributed by atoms with van der Waals surface area (Å²) in [6.45, 7) is 4.03. The number of hydrogen-bond donors (Lipinski definition) is 3. The number of carbonyl (C=O) groups is 1. The van der Waals surface area contributed by atoms with Gasteiger partial charge in [0.05, 0.1) is 26.1 Å². The number of carbonyl (C=O) groups excluding carboxylic acids is 1. The van der Waals surface area contributed by atoms with Gasteiger partial charge in [0.1, 0.15) is 17.2 Å². The van der Waals surface area contributed by atoms with E-state index in [1.165, 1.54) is 0 Å². The first kappa shape index (κ1) is 27.6. The Morgan fingerprint density at radius 1 is 1.03 bits per heavy atom. The van der Waals surface area contributed by atoms with Crippen LogP contribution in [0.3, 0.4) is 0 Å². The average molecular weight is 524 g/mol. The molecule has 1 unspecified atom stereocenters. The molecule has 0 spiro atoms. The normalized spacial score (nSPS) is 11.4. The van der Waals surface area contributed by atoms with E-state index in [4.69, 9.17) is 14.0 Å². The number of phenolic OH excluding ortho intramolecular Hbond substituents is 1. The summed E-state index contributed by atoms with van der Waals surface area (Å²) in [4.78, 5) is 13.0. The van der Waals surface area contributed by atoms with E-state index < -0.39 is 6.04 Å². The lowest BCUT2D eigenvalue weighted by atomic mass is 9.98. The Hall–Kier alpha value is -4.01. The summed E-state index contributed by atoms with van der Waals surface area (Å²) in [7, 11) is 3.19. The predicted molar refractivity (Wildman–Crippen MR) is 137 cm³/mol. The summed E-state index contributed by atoms with van der Waals surface area (Å²) in [6, 6.07) is 15.7. The number of aromatic hydroxyl groups is 1. The quantitative estimate of drug-likeness (QED) is 0.318. The molecule has 3 aromatic carbocycles. The van der Waals surface area contributed by atoms with Crippen LogP contribution in [0.25, 0.3) is 22.5 Å². The first-order chi connectivity index (χ1) is 17.3. The molecule has 0 saturated carbocycles. The number of rotatable bonds is 8. The second kappa shape index (κ2) is 11.8. The number of nitrogens with zero attached hydrogens (tertiary/aromatic N) is 1. The number of anilines is 1. The summed E-state index contributed by atoms with van der Waals surface area (Å²) in [6.07, 6.45) is 2.08. The Morgan fingerprint density at radius 3 is 2.41 bits per heavy atom. The number of aryl methyl sites for hydroxylation is 1. The third-order valence-corrected chi connectivity index (χ3v) is 6.23. The van der Waals surface area contributed by atoms with Crippen molar-refractivity contribution in [2.45, 2.75) is 26.3 Å². The van der Waals surface area contributed by atoms with E-state index in [0.29, 0.717) is 23.6 Å². The first-order valence-electron chi connectivity index (χ1n) is 11.5. The molecule has 0 fully saturated rings. The van der Waals surface area contributed by atoms with Gasteiger partial charge in [0.25, 0.3) is 5.91 Å². The van der Waals surface area contributed by atoms with E-state index in [0.717, 1.165) is 39.1 Å². The Labute approximate surface area is 221 Å². The Bertz CT molecular complexity index is 1390. The number of halogens is 1. The highest BCUT2D eigenvalue weighted by Gasteiger charge is 2.21. The molecule has 4 aromatic rings. The topological polar surface area (TPSA) is 121 Å². The van der Waals surface area contributed by atoms with Crippen molar-refractivity contribution in [2.75, 3.05) is 19.5 Å². The van der Waals surface area contributed by atoms with Crippen LogP contribution in [0.4, 0.5) is 5.69 Å². The zero-order valence-corrected chi connectivity index (χ0v) is 21.9. The first-order valence-corrected chi connectivity index (χ1v) is 11.5. The number of amides is 1. The molecule has 194 valence electrons. The van der Waals surface area contributed by atoms with Crippen LogP contribution in [-0.4, -0.2) is 36.4 Å². The Morgan fingerprint density at radius 2 is 1.73 bits per heavy atom. The molecule has 1 atom stereocenters. The third-order valence-electron chi connectivity index (χ3n) is 6.23. The van der Waals surface area contributed by atoms with Crippen LogP contribution in [0.2, 0.25) is 0 Å². The fourth-order valence-corrected chi connectivity index (χ4v) is 4.04. The fourth-order valence-electron chi connectivity index (χ4n) is 4.04.